The number of methoxy groups -OCH3 is 1. The molecule has 0 bridgehead atoms. The number of amides is 1. The summed E-state index contributed by atoms with van der Waals surface area (Å²) in [4.78, 5) is 14.0. The molecule has 0 aromatic heterocycles. The second-order valence-corrected chi connectivity index (χ2v) is 4.49. The van der Waals surface area contributed by atoms with E-state index in [1.54, 1.807) is 7.11 Å². The van der Waals surface area contributed by atoms with Crippen molar-refractivity contribution in [1.82, 2.24) is 10.2 Å². The number of nitrogens with one attached hydrogen (secondary N) is 1. The Labute approximate surface area is 103 Å². The lowest BCUT2D eigenvalue weighted by Gasteiger charge is -2.34. The van der Waals surface area contributed by atoms with Crippen LogP contribution >= 0.6 is 0 Å². The molecule has 5 heteroatoms. The minimum absolute atomic E-state index is 0.0797. The molecule has 100 valence electrons. The van der Waals surface area contributed by atoms with E-state index in [2.05, 4.69) is 10.2 Å². The van der Waals surface area contributed by atoms with Crippen LogP contribution < -0.4 is 5.32 Å². The summed E-state index contributed by atoms with van der Waals surface area (Å²) in [6.45, 7) is 7.71. The normalized spacial score (nSPS) is 23.4. The van der Waals surface area contributed by atoms with Crippen LogP contribution in [0.3, 0.4) is 0 Å². The molecule has 2 unspecified atom stereocenters. The van der Waals surface area contributed by atoms with Gasteiger partial charge in [0.15, 0.2) is 0 Å². The summed E-state index contributed by atoms with van der Waals surface area (Å²) < 4.78 is 10.4. The summed E-state index contributed by atoms with van der Waals surface area (Å²) in [6, 6.07) is -0.0797. The van der Waals surface area contributed by atoms with E-state index >= 15 is 0 Å². The van der Waals surface area contributed by atoms with Crippen molar-refractivity contribution in [2.75, 3.05) is 40.0 Å². The molecule has 17 heavy (non-hydrogen) atoms. The summed E-state index contributed by atoms with van der Waals surface area (Å²) in [5.74, 6) is 0.0928. The van der Waals surface area contributed by atoms with Gasteiger partial charge in [0.05, 0.1) is 18.8 Å². The fourth-order valence-electron chi connectivity index (χ4n) is 1.94. The average molecular weight is 244 g/mol. The van der Waals surface area contributed by atoms with E-state index in [1.165, 1.54) is 0 Å². The molecule has 2 atom stereocenters. The summed E-state index contributed by atoms with van der Waals surface area (Å²) >= 11 is 0. The summed E-state index contributed by atoms with van der Waals surface area (Å²) in [5, 5.41) is 2.93. The Balaban J connectivity index is 2.25. The van der Waals surface area contributed by atoms with Gasteiger partial charge >= 0.3 is 0 Å². The van der Waals surface area contributed by atoms with Crippen molar-refractivity contribution in [2.45, 2.75) is 32.4 Å². The minimum Gasteiger partial charge on any atom is -0.385 e. The smallest absolute Gasteiger partial charge is 0.237 e. The Morgan fingerprint density at radius 2 is 2.41 bits per heavy atom. The van der Waals surface area contributed by atoms with Crippen molar-refractivity contribution in [2.24, 2.45) is 0 Å². The van der Waals surface area contributed by atoms with Gasteiger partial charge in [-0.1, -0.05) is 0 Å². The topological polar surface area (TPSA) is 50.8 Å². The molecule has 1 saturated heterocycles. The molecular formula is C12H24N2O3. The number of hydrogen-bond acceptors (Lipinski definition) is 4. The van der Waals surface area contributed by atoms with Crippen LogP contribution in [0, 0.1) is 0 Å². The van der Waals surface area contributed by atoms with E-state index in [4.69, 9.17) is 9.47 Å². The maximum Gasteiger partial charge on any atom is 0.237 e. The first-order chi connectivity index (χ1) is 8.15. The minimum atomic E-state index is -0.0797. The maximum atomic E-state index is 11.9. The molecule has 1 N–H and O–H groups in total. The zero-order chi connectivity index (χ0) is 12.7. The van der Waals surface area contributed by atoms with Crippen molar-refractivity contribution in [3.05, 3.63) is 0 Å². The molecule has 0 saturated carbocycles. The number of carbonyl (C=O) groups excluding carboxylic acids is 1. The standard InChI is InChI=1S/C12H24N2O3/c1-10-9-14(6-8-17-10)11(2)12(15)13-5-4-7-16-3/h10-11H,4-9H2,1-3H3,(H,13,15). The van der Waals surface area contributed by atoms with Crippen molar-refractivity contribution in [3.8, 4) is 0 Å². The number of morpholine rings is 1. The van der Waals surface area contributed by atoms with Gasteiger partial charge in [-0.15, -0.1) is 0 Å². The molecule has 0 aliphatic carbocycles. The van der Waals surface area contributed by atoms with Crippen LogP contribution in [0.4, 0.5) is 0 Å². The zero-order valence-electron chi connectivity index (χ0n) is 11.1. The number of nitrogens with zero attached hydrogens (tertiary/aromatic N) is 1. The third-order valence-corrected chi connectivity index (χ3v) is 3.02. The monoisotopic (exact) mass is 244 g/mol. The van der Waals surface area contributed by atoms with Crippen LogP contribution in [0.1, 0.15) is 20.3 Å². The Hall–Kier alpha value is -0.650. The second kappa shape index (κ2) is 7.63. The highest BCUT2D eigenvalue weighted by Gasteiger charge is 2.25. The van der Waals surface area contributed by atoms with Crippen LogP contribution in [0.5, 0.6) is 0 Å². The summed E-state index contributed by atoms with van der Waals surface area (Å²) in [5.41, 5.74) is 0. The molecule has 1 fully saturated rings. The molecular weight excluding hydrogens is 220 g/mol. The summed E-state index contributed by atoms with van der Waals surface area (Å²) in [6.07, 6.45) is 1.07. The Bertz CT molecular complexity index is 236. The quantitative estimate of drug-likeness (QED) is 0.680. The van der Waals surface area contributed by atoms with E-state index in [1.807, 2.05) is 13.8 Å². The molecule has 1 amide bonds. The van der Waals surface area contributed by atoms with Gasteiger partial charge in [-0.05, 0) is 20.3 Å². The van der Waals surface area contributed by atoms with E-state index in [9.17, 15) is 4.79 Å². The van der Waals surface area contributed by atoms with Gasteiger partial charge < -0.3 is 14.8 Å². The van der Waals surface area contributed by atoms with Gasteiger partial charge in [0, 0.05) is 33.4 Å². The lowest BCUT2D eigenvalue weighted by Crippen LogP contribution is -2.51. The first kappa shape index (κ1) is 14.4. The average Bonchev–Trinajstić information content (AvgIpc) is 2.33. The van der Waals surface area contributed by atoms with E-state index < -0.39 is 0 Å². The van der Waals surface area contributed by atoms with E-state index in [0.29, 0.717) is 19.8 Å². The van der Waals surface area contributed by atoms with E-state index in [-0.39, 0.29) is 18.1 Å². The highest BCUT2D eigenvalue weighted by Crippen LogP contribution is 2.08. The molecule has 0 spiro atoms. The summed E-state index contributed by atoms with van der Waals surface area (Å²) in [7, 11) is 1.67. The maximum absolute atomic E-state index is 11.9. The van der Waals surface area contributed by atoms with Crippen molar-refractivity contribution >= 4 is 5.91 Å². The van der Waals surface area contributed by atoms with E-state index in [0.717, 1.165) is 19.5 Å². The zero-order valence-corrected chi connectivity index (χ0v) is 11.1. The molecule has 5 nitrogen and oxygen atoms in total. The SMILES string of the molecule is COCCCNC(=O)C(C)N1CCOC(C)C1. The predicted molar refractivity (Wildman–Crippen MR) is 66.0 cm³/mol. The lowest BCUT2D eigenvalue weighted by atomic mass is 10.2. The molecule has 0 radical (unpaired) electrons. The van der Waals surface area contributed by atoms with Gasteiger partial charge in [0.1, 0.15) is 0 Å². The number of hydrogen-bond donors (Lipinski definition) is 1. The van der Waals surface area contributed by atoms with Crippen LogP contribution in [0.15, 0.2) is 0 Å². The van der Waals surface area contributed by atoms with Crippen molar-refractivity contribution < 1.29 is 14.3 Å². The molecule has 1 aliphatic rings. The number of carbonyl (C=O) groups is 1. The van der Waals surface area contributed by atoms with Crippen molar-refractivity contribution in [1.29, 1.82) is 0 Å². The molecule has 1 aliphatic heterocycles. The van der Waals surface area contributed by atoms with Gasteiger partial charge in [0.25, 0.3) is 0 Å². The Morgan fingerprint density at radius 1 is 1.65 bits per heavy atom. The second-order valence-electron chi connectivity index (χ2n) is 4.49. The first-order valence-corrected chi connectivity index (χ1v) is 6.27. The first-order valence-electron chi connectivity index (χ1n) is 6.27. The van der Waals surface area contributed by atoms with Crippen molar-refractivity contribution in [3.63, 3.8) is 0 Å². The molecule has 0 aromatic rings. The molecule has 1 rings (SSSR count). The van der Waals surface area contributed by atoms with Crippen LogP contribution in [0.2, 0.25) is 0 Å². The Kier molecular flexibility index (Phi) is 6.47. The van der Waals surface area contributed by atoms with Gasteiger partial charge in [-0.3, -0.25) is 9.69 Å². The van der Waals surface area contributed by atoms with Crippen LogP contribution in [0.25, 0.3) is 0 Å². The number of rotatable bonds is 6. The van der Waals surface area contributed by atoms with Gasteiger partial charge in [0.2, 0.25) is 5.91 Å². The highest BCUT2D eigenvalue weighted by molar-refractivity contribution is 5.81. The highest BCUT2D eigenvalue weighted by atomic mass is 16.5. The third-order valence-electron chi connectivity index (χ3n) is 3.02. The number of ether oxygens (including phenoxy) is 2. The van der Waals surface area contributed by atoms with Gasteiger partial charge in [-0.25, -0.2) is 0 Å². The van der Waals surface area contributed by atoms with Crippen LogP contribution in [-0.4, -0.2) is 62.9 Å². The van der Waals surface area contributed by atoms with Crippen LogP contribution in [-0.2, 0) is 14.3 Å². The third kappa shape index (κ3) is 5.02. The predicted octanol–water partition coefficient (Wildman–Crippen LogP) is 0.248. The Morgan fingerprint density at radius 3 is 3.06 bits per heavy atom. The van der Waals surface area contributed by atoms with Gasteiger partial charge in [-0.2, -0.15) is 0 Å². The lowest BCUT2D eigenvalue weighted by molar-refractivity contribution is -0.128. The molecule has 1 heterocycles. The fourth-order valence-corrected chi connectivity index (χ4v) is 1.94. The fraction of sp³-hybridized carbons (Fsp3) is 0.917. The largest absolute Gasteiger partial charge is 0.385 e. The molecule has 0 aromatic carbocycles.